The molecule has 1 heterocycles. The number of benzene rings is 2. The molecule has 0 saturated carbocycles. The smallest absolute Gasteiger partial charge is 0.234 e. The van der Waals surface area contributed by atoms with Crippen molar-refractivity contribution in [1.82, 2.24) is 0 Å². The molecular weight excluding hydrogens is 462 g/mol. The van der Waals surface area contributed by atoms with Crippen molar-refractivity contribution in [3.05, 3.63) is 57.5 Å². The van der Waals surface area contributed by atoms with E-state index in [0.717, 1.165) is 20.8 Å². The predicted molar refractivity (Wildman–Crippen MR) is 121 cm³/mol. The van der Waals surface area contributed by atoms with Gasteiger partial charge in [-0.05, 0) is 44.2 Å². The number of carbonyl (C=O) groups excluding carboxylic acids is 1. The lowest BCUT2D eigenvalue weighted by Crippen LogP contribution is -2.17. The molecule has 1 amide bonds. The highest BCUT2D eigenvalue weighted by Crippen LogP contribution is 2.29. The van der Waals surface area contributed by atoms with Crippen LogP contribution in [0.2, 0.25) is 5.02 Å². The summed E-state index contributed by atoms with van der Waals surface area (Å²) in [5.74, 6) is 0.634. The molecule has 2 aromatic carbocycles. The first-order valence-electron chi connectivity index (χ1n) is 8.49. The van der Waals surface area contributed by atoms with Gasteiger partial charge in [-0.2, -0.15) is 0 Å². The van der Waals surface area contributed by atoms with Crippen molar-refractivity contribution in [1.29, 1.82) is 0 Å². The van der Waals surface area contributed by atoms with Crippen LogP contribution in [0.4, 0.5) is 5.69 Å². The Morgan fingerprint density at radius 2 is 1.93 bits per heavy atom. The number of hydrogen-bond donors (Lipinski definition) is 1. The first-order chi connectivity index (χ1) is 13.3. The maximum absolute atomic E-state index is 12.4. The van der Waals surface area contributed by atoms with Crippen LogP contribution in [0.1, 0.15) is 19.4 Å². The van der Waals surface area contributed by atoms with E-state index in [2.05, 4.69) is 26.2 Å². The fourth-order valence-electron chi connectivity index (χ4n) is 2.62. The van der Waals surface area contributed by atoms with Gasteiger partial charge in [0.2, 0.25) is 5.91 Å². The molecule has 3 rings (SSSR count). The van der Waals surface area contributed by atoms with Crippen molar-refractivity contribution in [2.24, 2.45) is 9.98 Å². The summed E-state index contributed by atoms with van der Waals surface area (Å²) in [4.78, 5) is 21.7. The molecule has 2 aromatic rings. The van der Waals surface area contributed by atoms with E-state index in [0.29, 0.717) is 16.5 Å². The van der Waals surface area contributed by atoms with Crippen LogP contribution in [-0.2, 0) is 4.79 Å². The van der Waals surface area contributed by atoms with E-state index >= 15 is 0 Å². The quantitative estimate of drug-likeness (QED) is 0.621. The van der Waals surface area contributed by atoms with Gasteiger partial charge >= 0.3 is 0 Å². The molecule has 0 spiro atoms. The number of rotatable bonds is 5. The van der Waals surface area contributed by atoms with E-state index < -0.39 is 5.66 Å². The summed E-state index contributed by atoms with van der Waals surface area (Å²) in [5.41, 5.74) is 1.86. The first-order valence-corrected chi connectivity index (χ1v) is 10.7. The molecule has 1 aliphatic rings. The lowest BCUT2D eigenvalue weighted by Gasteiger charge is -2.09. The van der Waals surface area contributed by atoms with Crippen molar-refractivity contribution in [2.45, 2.75) is 19.5 Å². The van der Waals surface area contributed by atoms with Crippen LogP contribution >= 0.6 is 39.3 Å². The summed E-state index contributed by atoms with van der Waals surface area (Å²) in [6.07, 6.45) is 0. The minimum atomic E-state index is -0.537. The molecule has 0 fully saturated rings. The molecule has 0 bridgehead atoms. The van der Waals surface area contributed by atoms with Crippen LogP contribution in [0.3, 0.4) is 0 Å². The molecule has 0 aromatic heterocycles. The third kappa shape index (κ3) is 5.16. The number of hydrogen-bond acceptors (Lipinski definition) is 5. The normalized spacial score (nSPS) is 15.0. The van der Waals surface area contributed by atoms with E-state index in [4.69, 9.17) is 21.3 Å². The van der Waals surface area contributed by atoms with Crippen LogP contribution in [0.25, 0.3) is 0 Å². The third-order valence-electron chi connectivity index (χ3n) is 3.86. The van der Waals surface area contributed by atoms with Crippen LogP contribution in [0.15, 0.2) is 56.9 Å². The largest absolute Gasteiger partial charge is 0.495 e. The molecule has 0 aliphatic carbocycles. The SMILES string of the molecule is COc1ccc(NC(=O)CSC2=NC(C)(C)N=C2c2ccc(Br)cc2)cc1Cl. The Morgan fingerprint density at radius 3 is 2.57 bits per heavy atom. The Labute approximate surface area is 181 Å². The molecule has 146 valence electrons. The van der Waals surface area contributed by atoms with Gasteiger partial charge in [0.25, 0.3) is 0 Å². The first kappa shape index (κ1) is 20.9. The number of nitrogens with one attached hydrogen (secondary N) is 1. The molecule has 0 radical (unpaired) electrons. The maximum Gasteiger partial charge on any atom is 0.234 e. The fraction of sp³-hybridized carbons (Fsp3) is 0.250. The molecule has 1 N–H and O–H groups in total. The van der Waals surface area contributed by atoms with E-state index in [1.807, 2.05) is 38.1 Å². The minimum Gasteiger partial charge on any atom is -0.495 e. The molecule has 0 atom stereocenters. The number of nitrogens with zero attached hydrogens (tertiary/aromatic N) is 2. The number of carbonyl (C=O) groups is 1. The summed E-state index contributed by atoms with van der Waals surface area (Å²) in [5, 5.41) is 4.04. The van der Waals surface area contributed by atoms with Crippen molar-refractivity contribution < 1.29 is 9.53 Å². The van der Waals surface area contributed by atoms with E-state index in [9.17, 15) is 4.79 Å². The standard InChI is InChI=1S/C20H19BrClN3O2S/c1-20(2)24-18(12-4-6-13(21)7-5-12)19(25-20)28-11-17(26)23-14-8-9-16(27-3)15(22)10-14/h4-10H,11H2,1-3H3,(H,23,26). The summed E-state index contributed by atoms with van der Waals surface area (Å²) in [7, 11) is 1.55. The predicted octanol–water partition coefficient (Wildman–Crippen LogP) is 5.42. The lowest BCUT2D eigenvalue weighted by atomic mass is 10.1. The Morgan fingerprint density at radius 1 is 1.21 bits per heavy atom. The number of thioether (sulfide) groups is 1. The van der Waals surface area contributed by atoms with Crippen LogP contribution in [0, 0.1) is 0 Å². The van der Waals surface area contributed by atoms with Crippen LogP contribution in [0.5, 0.6) is 5.75 Å². The highest BCUT2D eigenvalue weighted by atomic mass is 79.9. The number of methoxy groups -OCH3 is 1. The average molecular weight is 481 g/mol. The number of halogens is 2. The molecule has 28 heavy (non-hydrogen) atoms. The van der Waals surface area contributed by atoms with Gasteiger partial charge in [-0.1, -0.05) is 51.4 Å². The van der Waals surface area contributed by atoms with Gasteiger partial charge in [0.1, 0.15) is 16.5 Å². The summed E-state index contributed by atoms with van der Waals surface area (Å²) < 4.78 is 6.12. The molecule has 5 nitrogen and oxygen atoms in total. The number of anilines is 1. The highest BCUT2D eigenvalue weighted by Gasteiger charge is 2.28. The number of amides is 1. The van der Waals surface area contributed by atoms with Gasteiger partial charge in [0, 0.05) is 15.7 Å². The topological polar surface area (TPSA) is 63.0 Å². The molecular formula is C20H19BrClN3O2S. The second-order valence-corrected chi connectivity index (χ2v) is 8.85. The van der Waals surface area contributed by atoms with Crippen molar-refractivity contribution in [3.8, 4) is 5.75 Å². The van der Waals surface area contributed by atoms with Gasteiger partial charge in [-0.15, -0.1) is 0 Å². The number of aliphatic imine (C=N–C) groups is 2. The number of ether oxygens (including phenoxy) is 1. The van der Waals surface area contributed by atoms with Crippen LogP contribution in [-0.4, -0.2) is 35.2 Å². The minimum absolute atomic E-state index is 0.145. The summed E-state index contributed by atoms with van der Waals surface area (Å²) >= 11 is 10.9. The zero-order valence-corrected chi connectivity index (χ0v) is 18.8. The van der Waals surface area contributed by atoms with Crippen molar-refractivity contribution >= 4 is 61.6 Å². The third-order valence-corrected chi connectivity index (χ3v) is 5.64. The lowest BCUT2D eigenvalue weighted by molar-refractivity contribution is -0.113. The highest BCUT2D eigenvalue weighted by molar-refractivity contribution is 9.10. The zero-order chi connectivity index (χ0) is 20.3. The van der Waals surface area contributed by atoms with Gasteiger partial charge in [0.05, 0.1) is 23.6 Å². The summed E-state index contributed by atoms with van der Waals surface area (Å²) in [6, 6.07) is 13.0. The Bertz CT molecular complexity index is 958. The molecule has 1 aliphatic heterocycles. The molecule has 0 saturated heterocycles. The molecule has 8 heteroatoms. The van der Waals surface area contributed by atoms with Crippen molar-refractivity contribution in [2.75, 3.05) is 18.2 Å². The average Bonchev–Trinajstić information content (AvgIpc) is 2.95. The van der Waals surface area contributed by atoms with Gasteiger partial charge in [-0.3, -0.25) is 9.79 Å². The van der Waals surface area contributed by atoms with Crippen molar-refractivity contribution in [3.63, 3.8) is 0 Å². The van der Waals surface area contributed by atoms with E-state index in [-0.39, 0.29) is 11.7 Å². The Balaban J connectivity index is 1.67. The van der Waals surface area contributed by atoms with Gasteiger partial charge in [-0.25, -0.2) is 4.99 Å². The van der Waals surface area contributed by atoms with Crippen LogP contribution < -0.4 is 10.1 Å². The van der Waals surface area contributed by atoms with E-state index in [1.165, 1.54) is 11.8 Å². The monoisotopic (exact) mass is 479 g/mol. The zero-order valence-electron chi connectivity index (χ0n) is 15.6. The Kier molecular flexibility index (Phi) is 6.47. The second kappa shape index (κ2) is 8.68. The van der Waals surface area contributed by atoms with Gasteiger partial charge < -0.3 is 10.1 Å². The summed E-state index contributed by atoms with van der Waals surface area (Å²) in [6.45, 7) is 3.89. The second-order valence-electron chi connectivity index (χ2n) is 6.56. The molecule has 0 unspecified atom stereocenters. The van der Waals surface area contributed by atoms with Gasteiger partial charge in [0.15, 0.2) is 0 Å². The maximum atomic E-state index is 12.4. The fourth-order valence-corrected chi connectivity index (χ4v) is 4.07. The Hall–Kier alpha value is -1.83. The van der Waals surface area contributed by atoms with E-state index in [1.54, 1.807) is 25.3 Å².